The van der Waals surface area contributed by atoms with E-state index in [-0.39, 0.29) is 39.8 Å². The second-order valence-corrected chi connectivity index (χ2v) is 12.0. The lowest BCUT2D eigenvalue weighted by Crippen LogP contribution is -2.52. The highest BCUT2D eigenvalue weighted by Crippen LogP contribution is 2.35. The van der Waals surface area contributed by atoms with E-state index in [9.17, 15) is 18.0 Å². The first-order valence-corrected chi connectivity index (χ1v) is 14.9. The summed E-state index contributed by atoms with van der Waals surface area (Å²) in [5.41, 5.74) is 0.695. The largest absolute Gasteiger partial charge is 0.495 e. The average molecular weight is 607 g/mol. The summed E-state index contributed by atoms with van der Waals surface area (Å²) in [7, 11) is -2.87. The van der Waals surface area contributed by atoms with Crippen LogP contribution in [0.4, 0.5) is 5.69 Å². The molecular weight excluding hydrogens is 573 g/mol. The Labute approximate surface area is 245 Å². The Kier molecular flexibility index (Phi) is 10.8. The molecule has 0 fully saturated rings. The molecule has 0 saturated heterocycles. The molecule has 0 aliphatic heterocycles. The summed E-state index contributed by atoms with van der Waals surface area (Å²) >= 11 is 12.7. The second kappa shape index (κ2) is 13.9. The van der Waals surface area contributed by atoms with Gasteiger partial charge in [-0.15, -0.1) is 0 Å². The molecule has 214 valence electrons. The summed E-state index contributed by atoms with van der Waals surface area (Å²) in [4.78, 5) is 28.5. The summed E-state index contributed by atoms with van der Waals surface area (Å²) < 4.78 is 34.2. The lowest BCUT2D eigenvalue weighted by molar-refractivity contribution is -0.139. The Bertz CT molecular complexity index is 1440. The van der Waals surface area contributed by atoms with Crippen molar-refractivity contribution in [2.24, 2.45) is 0 Å². The molecule has 2 amide bonds. The lowest BCUT2D eigenvalue weighted by Gasteiger charge is -2.33. The fraction of sp³-hybridized carbons (Fsp3) is 0.310. The van der Waals surface area contributed by atoms with Crippen LogP contribution in [-0.2, 0) is 26.2 Å². The van der Waals surface area contributed by atoms with Gasteiger partial charge in [0.25, 0.3) is 10.0 Å². The molecule has 0 aliphatic rings. The maximum atomic E-state index is 14.0. The molecule has 1 N–H and O–H groups in total. The maximum absolute atomic E-state index is 14.0. The minimum absolute atomic E-state index is 0.0144. The highest BCUT2D eigenvalue weighted by molar-refractivity contribution is 7.92. The highest BCUT2D eigenvalue weighted by Gasteiger charge is 2.34. The van der Waals surface area contributed by atoms with Crippen LogP contribution >= 0.6 is 23.2 Å². The summed E-state index contributed by atoms with van der Waals surface area (Å²) in [6, 6.07) is 18.2. The number of anilines is 1. The number of ether oxygens (including phenoxy) is 1. The van der Waals surface area contributed by atoms with E-state index < -0.39 is 28.5 Å². The van der Waals surface area contributed by atoms with Crippen LogP contribution in [0.15, 0.2) is 77.7 Å². The molecule has 0 radical (unpaired) electrons. The van der Waals surface area contributed by atoms with Gasteiger partial charge in [0, 0.05) is 22.6 Å². The Morgan fingerprint density at radius 1 is 0.975 bits per heavy atom. The number of amides is 2. The minimum atomic E-state index is -4.26. The van der Waals surface area contributed by atoms with Crippen LogP contribution < -0.4 is 14.4 Å². The fourth-order valence-electron chi connectivity index (χ4n) is 3.95. The zero-order valence-corrected chi connectivity index (χ0v) is 25.1. The molecular formula is C29H33Cl2N3O5S. The molecule has 0 heterocycles. The third-order valence-corrected chi connectivity index (χ3v) is 8.86. The van der Waals surface area contributed by atoms with Crippen LogP contribution in [0.5, 0.6) is 5.75 Å². The number of hydrogen-bond acceptors (Lipinski definition) is 5. The number of nitrogens with zero attached hydrogens (tertiary/aromatic N) is 2. The van der Waals surface area contributed by atoms with Gasteiger partial charge in [-0.25, -0.2) is 8.42 Å². The van der Waals surface area contributed by atoms with E-state index in [1.165, 1.54) is 36.3 Å². The number of nitrogens with one attached hydrogen (secondary N) is 1. The van der Waals surface area contributed by atoms with E-state index in [4.69, 9.17) is 27.9 Å². The Hall–Kier alpha value is -3.27. The third kappa shape index (κ3) is 7.47. The SMILES string of the molecule is CC[C@@H](C)NC(=O)[C@@H](C)N(Cc1ccccc1Cl)C(=O)CN(c1cc(Cl)ccc1OC)S(=O)(=O)c1ccccc1. The summed E-state index contributed by atoms with van der Waals surface area (Å²) in [5, 5.41) is 3.57. The molecule has 0 unspecified atom stereocenters. The topological polar surface area (TPSA) is 96.0 Å². The zero-order chi connectivity index (χ0) is 29.4. The molecule has 0 bridgehead atoms. The number of rotatable bonds is 12. The standard InChI is InChI=1S/C29H33Cl2N3O5S/c1-5-20(2)32-29(36)21(3)33(18-22-11-9-10-14-25(22)31)28(35)19-34(26-17-23(30)15-16-27(26)39-4)40(37,38)24-12-7-6-8-13-24/h6-17,20-21H,5,18-19H2,1-4H3,(H,32,36)/t20-,21-/m1/s1. The van der Waals surface area contributed by atoms with Crippen LogP contribution in [0.3, 0.4) is 0 Å². The molecule has 8 nitrogen and oxygen atoms in total. The van der Waals surface area contributed by atoms with E-state index in [1.807, 2.05) is 13.8 Å². The van der Waals surface area contributed by atoms with Gasteiger partial charge in [0.05, 0.1) is 17.7 Å². The molecule has 0 aliphatic carbocycles. The second-order valence-electron chi connectivity index (χ2n) is 9.25. The van der Waals surface area contributed by atoms with Crippen LogP contribution in [-0.4, -0.2) is 50.9 Å². The van der Waals surface area contributed by atoms with Crippen molar-refractivity contribution in [2.75, 3.05) is 18.0 Å². The third-order valence-electron chi connectivity index (χ3n) is 6.49. The fourth-order valence-corrected chi connectivity index (χ4v) is 5.75. The first-order valence-electron chi connectivity index (χ1n) is 12.7. The molecule has 0 spiro atoms. The molecule has 2 atom stereocenters. The average Bonchev–Trinajstić information content (AvgIpc) is 2.95. The van der Waals surface area contributed by atoms with Gasteiger partial charge in [0.2, 0.25) is 11.8 Å². The Morgan fingerprint density at radius 3 is 2.25 bits per heavy atom. The predicted molar refractivity (Wildman–Crippen MR) is 158 cm³/mol. The lowest BCUT2D eigenvalue weighted by atomic mass is 10.1. The molecule has 11 heteroatoms. The normalized spacial score (nSPS) is 12.8. The van der Waals surface area contributed by atoms with Crippen LogP contribution in [0.1, 0.15) is 32.8 Å². The van der Waals surface area contributed by atoms with Gasteiger partial charge in [-0.05, 0) is 62.2 Å². The van der Waals surface area contributed by atoms with Crippen molar-refractivity contribution in [2.45, 2.75) is 50.7 Å². The smallest absolute Gasteiger partial charge is 0.264 e. The molecule has 40 heavy (non-hydrogen) atoms. The Balaban J connectivity index is 2.09. The quantitative estimate of drug-likeness (QED) is 0.293. The Morgan fingerprint density at radius 2 is 1.62 bits per heavy atom. The molecule has 0 saturated carbocycles. The number of sulfonamides is 1. The highest BCUT2D eigenvalue weighted by atomic mass is 35.5. The summed E-state index contributed by atoms with van der Waals surface area (Å²) in [6.45, 7) is 4.76. The number of carbonyl (C=O) groups excluding carboxylic acids is 2. The van der Waals surface area contributed by atoms with Crippen molar-refractivity contribution < 1.29 is 22.7 Å². The number of methoxy groups -OCH3 is 1. The molecule has 0 aromatic heterocycles. The van der Waals surface area contributed by atoms with Crippen molar-refractivity contribution in [1.82, 2.24) is 10.2 Å². The zero-order valence-electron chi connectivity index (χ0n) is 22.8. The van der Waals surface area contributed by atoms with Crippen molar-refractivity contribution in [3.63, 3.8) is 0 Å². The number of carbonyl (C=O) groups is 2. The monoisotopic (exact) mass is 605 g/mol. The van der Waals surface area contributed by atoms with E-state index in [1.54, 1.807) is 55.5 Å². The van der Waals surface area contributed by atoms with Crippen LogP contribution in [0.2, 0.25) is 10.0 Å². The van der Waals surface area contributed by atoms with E-state index in [2.05, 4.69) is 5.32 Å². The van der Waals surface area contributed by atoms with Gasteiger partial charge >= 0.3 is 0 Å². The number of halogens is 2. The molecule has 3 rings (SSSR count). The van der Waals surface area contributed by atoms with E-state index in [0.717, 1.165) is 4.31 Å². The van der Waals surface area contributed by atoms with Gasteiger partial charge < -0.3 is 15.0 Å². The number of benzene rings is 3. The van der Waals surface area contributed by atoms with Gasteiger partial charge in [0.1, 0.15) is 18.3 Å². The minimum Gasteiger partial charge on any atom is -0.495 e. The number of hydrogen-bond donors (Lipinski definition) is 1. The summed E-state index contributed by atoms with van der Waals surface area (Å²) in [6.07, 6.45) is 0.703. The van der Waals surface area contributed by atoms with Crippen molar-refractivity contribution >= 4 is 50.7 Å². The summed E-state index contributed by atoms with van der Waals surface area (Å²) in [5.74, 6) is -0.780. The van der Waals surface area contributed by atoms with Gasteiger partial charge in [-0.1, -0.05) is 66.5 Å². The first-order chi connectivity index (χ1) is 19.0. The van der Waals surface area contributed by atoms with Crippen LogP contribution in [0, 0.1) is 0 Å². The van der Waals surface area contributed by atoms with Crippen LogP contribution in [0.25, 0.3) is 0 Å². The van der Waals surface area contributed by atoms with E-state index >= 15 is 0 Å². The van der Waals surface area contributed by atoms with Gasteiger partial charge in [0.15, 0.2) is 0 Å². The first kappa shape index (κ1) is 31.3. The van der Waals surface area contributed by atoms with Crippen molar-refractivity contribution in [1.29, 1.82) is 0 Å². The van der Waals surface area contributed by atoms with Gasteiger partial charge in [-0.2, -0.15) is 0 Å². The van der Waals surface area contributed by atoms with E-state index in [0.29, 0.717) is 17.0 Å². The maximum Gasteiger partial charge on any atom is 0.264 e. The van der Waals surface area contributed by atoms with Crippen molar-refractivity contribution in [3.8, 4) is 5.75 Å². The predicted octanol–water partition coefficient (Wildman–Crippen LogP) is 5.53. The molecule has 3 aromatic carbocycles. The van der Waals surface area contributed by atoms with Gasteiger partial charge in [-0.3, -0.25) is 13.9 Å². The molecule has 3 aromatic rings. The van der Waals surface area contributed by atoms with Crippen molar-refractivity contribution in [3.05, 3.63) is 88.4 Å².